The molecule has 0 spiro atoms. The molecule has 2 rings (SSSR count). The van der Waals surface area contributed by atoms with E-state index in [1.807, 2.05) is 24.3 Å². The number of benzene rings is 2. The summed E-state index contributed by atoms with van der Waals surface area (Å²) in [5.41, 5.74) is 2.36. The monoisotopic (exact) mass is 370 g/mol. The lowest BCUT2D eigenvalue weighted by atomic mass is 10.0. The lowest BCUT2D eigenvalue weighted by Crippen LogP contribution is -2.37. The van der Waals surface area contributed by atoms with E-state index in [4.69, 9.17) is 9.47 Å². The zero-order valence-electron chi connectivity index (χ0n) is 16.4. The number of anilines is 2. The van der Waals surface area contributed by atoms with Gasteiger partial charge in [-0.05, 0) is 35.7 Å². The van der Waals surface area contributed by atoms with E-state index < -0.39 is 0 Å². The standard InChI is InChI=1S/C21H26N2O4/c1-14(2)16-6-8-17(9-7-16)22-21(25)13-23(15(3)24)19-12-18(26-4)10-11-20(19)27-5/h6-12,14H,13H2,1-5H3,(H,22,25). The summed E-state index contributed by atoms with van der Waals surface area (Å²) in [6.45, 7) is 5.49. The molecule has 2 aromatic rings. The number of ether oxygens (including phenoxy) is 2. The Balaban J connectivity index is 2.18. The van der Waals surface area contributed by atoms with E-state index in [-0.39, 0.29) is 18.4 Å². The topological polar surface area (TPSA) is 67.9 Å². The first-order valence-corrected chi connectivity index (χ1v) is 8.75. The summed E-state index contributed by atoms with van der Waals surface area (Å²) >= 11 is 0. The third kappa shape index (κ3) is 5.23. The molecular formula is C21H26N2O4. The molecule has 0 fully saturated rings. The van der Waals surface area contributed by atoms with Gasteiger partial charge in [0.1, 0.15) is 18.0 Å². The highest BCUT2D eigenvalue weighted by Gasteiger charge is 2.20. The van der Waals surface area contributed by atoms with Crippen molar-refractivity contribution in [3.63, 3.8) is 0 Å². The zero-order valence-corrected chi connectivity index (χ0v) is 16.4. The molecule has 6 heteroatoms. The molecule has 27 heavy (non-hydrogen) atoms. The van der Waals surface area contributed by atoms with Crippen molar-refractivity contribution in [1.29, 1.82) is 0 Å². The summed E-state index contributed by atoms with van der Waals surface area (Å²) in [5.74, 6) is 0.907. The van der Waals surface area contributed by atoms with Crippen molar-refractivity contribution in [3.05, 3.63) is 48.0 Å². The van der Waals surface area contributed by atoms with Crippen LogP contribution >= 0.6 is 0 Å². The Morgan fingerprint density at radius 3 is 2.22 bits per heavy atom. The van der Waals surface area contributed by atoms with Crippen LogP contribution in [0, 0.1) is 0 Å². The van der Waals surface area contributed by atoms with Gasteiger partial charge in [0, 0.05) is 18.7 Å². The molecule has 0 aliphatic rings. The highest BCUT2D eigenvalue weighted by molar-refractivity contribution is 6.02. The molecule has 144 valence electrons. The maximum Gasteiger partial charge on any atom is 0.244 e. The van der Waals surface area contributed by atoms with Gasteiger partial charge < -0.3 is 14.8 Å². The van der Waals surface area contributed by atoms with Gasteiger partial charge in [-0.1, -0.05) is 26.0 Å². The van der Waals surface area contributed by atoms with Crippen molar-refractivity contribution in [1.82, 2.24) is 0 Å². The van der Waals surface area contributed by atoms with Crippen molar-refractivity contribution in [2.75, 3.05) is 31.0 Å². The summed E-state index contributed by atoms with van der Waals surface area (Å²) < 4.78 is 10.6. The fourth-order valence-electron chi connectivity index (χ4n) is 2.67. The van der Waals surface area contributed by atoms with Crippen LogP contribution in [-0.2, 0) is 9.59 Å². The Morgan fingerprint density at radius 1 is 1.04 bits per heavy atom. The number of hydrogen-bond donors (Lipinski definition) is 1. The Labute approximate surface area is 160 Å². The van der Waals surface area contributed by atoms with Crippen LogP contribution in [-0.4, -0.2) is 32.6 Å². The van der Waals surface area contributed by atoms with Crippen molar-refractivity contribution in [2.24, 2.45) is 0 Å². The largest absolute Gasteiger partial charge is 0.497 e. The third-order valence-corrected chi connectivity index (χ3v) is 4.22. The molecule has 2 aromatic carbocycles. The second-order valence-electron chi connectivity index (χ2n) is 6.47. The molecule has 0 bridgehead atoms. The van der Waals surface area contributed by atoms with Crippen LogP contribution in [0.1, 0.15) is 32.3 Å². The van der Waals surface area contributed by atoms with Crippen molar-refractivity contribution >= 4 is 23.2 Å². The summed E-state index contributed by atoms with van der Waals surface area (Å²) in [4.78, 5) is 26.0. The number of carbonyl (C=O) groups is 2. The lowest BCUT2D eigenvalue weighted by Gasteiger charge is -2.23. The second-order valence-corrected chi connectivity index (χ2v) is 6.47. The predicted molar refractivity (Wildman–Crippen MR) is 107 cm³/mol. The van der Waals surface area contributed by atoms with Crippen LogP contribution in [0.2, 0.25) is 0 Å². The van der Waals surface area contributed by atoms with Gasteiger partial charge in [0.2, 0.25) is 11.8 Å². The molecule has 0 radical (unpaired) electrons. The third-order valence-electron chi connectivity index (χ3n) is 4.22. The maximum absolute atomic E-state index is 12.5. The number of carbonyl (C=O) groups excluding carboxylic acids is 2. The van der Waals surface area contributed by atoms with E-state index in [0.717, 1.165) is 0 Å². The zero-order chi connectivity index (χ0) is 20.0. The summed E-state index contributed by atoms with van der Waals surface area (Å²) in [7, 11) is 3.05. The lowest BCUT2D eigenvalue weighted by molar-refractivity contribution is -0.120. The Bertz CT molecular complexity index is 800. The van der Waals surface area contributed by atoms with Crippen LogP contribution in [0.5, 0.6) is 11.5 Å². The molecule has 0 heterocycles. The number of hydrogen-bond acceptors (Lipinski definition) is 4. The van der Waals surface area contributed by atoms with Crippen molar-refractivity contribution in [3.8, 4) is 11.5 Å². The van der Waals surface area contributed by atoms with Gasteiger partial charge in [0.25, 0.3) is 0 Å². The van der Waals surface area contributed by atoms with E-state index in [0.29, 0.717) is 28.8 Å². The van der Waals surface area contributed by atoms with Crippen LogP contribution in [0.15, 0.2) is 42.5 Å². The van der Waals surface area contributed by atoms with E-state index in [1.54, 1.807) is 18.2 Å². The Morgan fingerprint density at radius 2 is 1.70 bits per heavy atom. The normalized spacial score (nSPS) is 10.4. The van der Waals surface area contributed by atoms with Crippen molar-refractivity contribution in [2.45, 2.75) is 26.7 Å². The van der Waals surface area contributed by atoms with Crippen LogP contribution in [0.3, 0.4) is 0 Å². The van der Waals surface area contributed by atoms with E-state index in [9.17, 15) is 9.59 Å². The fraction of sp³-hybridized carbons (Fsp3) is 0.333. The minimum Gasteiger partial charge on any atom is -0.497 e. The van der Waals surface area contributed by atoms with E-state index in [2.05, 4.69) is 19.2 Å². The number of nitrogens with zero attached hydrogens (tertiary/aromatic N) is 1. The Hall–Kier alpha value is -3.02. The van der Waals surface area contributed by atoms with E-state index in [1.165, 1.54) is 31.6 Å². The smallest absolute Gasteiger partial charge is 0.244 e. The molecule has 0 saturated carbocycles. The second kappa shape index (κ2) is 9.07. The molecular weight excluding hydrogens is 344 g/mol. The van der Waals surface area contributed by atoms with Gasteiger partial charge in [-0.25, -0.2) is 0 Å². The average molecular weight is 370 g/mol. The van der Waals surface area contributed by atoms with Gasteiger partial charge in [-0.3, -0.25) is 14.5 Å². The minimum atomic E-state index is -0.299. The van der Waals surface area contributed by atoms with Crippen LogP contribution < -0.4 is 19.7 Å². The maximum atomic E-state index is 12.5. The number of nitrogens with one attached hydrogen (secondary N) is 1. The van der Waals surface area contributed by atoms with Crippen molar-refractivity contribution < 1.29 is 19.1 Å². The van der Waals surface area contributed by atoms with Gasteiger partial charge in [-0.2, -0.15) is 0 Å². The molecule has 2 amide bonds. The molecule has 0 atom stereocenters. The number of methoxy groups -OCH3 is 2. The fourth-order valence-corrected chi connectivity index (χ4v) is 2.67. The Kier molecular flexibility index (Phi) is 6.82. The molecule has 0 aliphatic heterocycles. The van der Waals surface area contributed by atoms with Gasteiger partial charge in [0.15, 0.2) is 0 Å². The predicted octanol–water partition coefficient (Wildman–Crippen LogP) is 3.82. The molecule has 6 nitrogen and oxygen atoms in total. The highest BCUT2D eigenvalue weighted by atomic mass is 16.5. The summed E-state index contributed by atoms with van der Waals surface area (Å²) in [5, 5.41) is 2.82. The van der Waals surface area contributed by atoms with Crippen LogP contribution in [0.4, 0.5) is 11.4 Å². The molecule has 0 aliphatic carbocycles. The molecule has 0 aromatic heterocycles. The number of rotatable bonds is 7. The minimum absolute atomic E-state index is 0.134. The summed E-state index contributed by atoms with van der Waals surface area (Å²) in [6.07, 6.45) is 0. The van der Waals surface area contributed by atoms with Gasteiger partial charge in [0.05, 0.1) is 19.9 Å². The quantitative estimate of drug-likeness (QED) is 0.804. The van der Waals surface area contributed by atoms with Gasteiger partial charge in [-0.15, -0.1) is 0 Å². The summed E-state index contributed by atoms with van der Waals surface area (Å²) in [6, 6.07) is 12.8. The molecule has 0 saturated heterocycles. The average Bonchev–Trinajstić information content (AvgIpc) is 2.65. The molecule has 1 N–H and O–H groups in total. The van der Waals surface area contributed by atoms with Crippen LogP contribution in [0.25, 0.3) is 0 Å². The first kappa shape index (κ1) is 20.3. The SMILES string of the molecule is COc1ccc(OC)c(N(CC(=O)Nc2ccc(C(C)C)cc2)C(C)=O)c1. The highest BCUT2D eigenvalue weighted by Crippen LogP contribution is 2.32. The van der Waals surface area contributed by atoms with Gasteiger partial charge >= 0.3 is 0 Å². The first-order chi connectivity index (χ1) is 12.8. The first-order valence-electron chi connectivity index (χ1n) is 8.75. The van der Waals surface area contributed by atoms with E-state index >= 15 is 0 Å². The number of amides is 2. The molecule has 0 unspecified atom stereocenters.